The van der Waals surface area contributed by atoms with Crippen LogP contribution in [0.4, 0.5) is 38.0 Å². The van der Waals surface area contributed by atoms with Crippen molar-refractivity contribution in [3.05, 3.63) is 70.0 Å². The Balaban J connectivity index is 1.65. The molecule has 0 aliphatic rings. The maximum absolute atomic E-state index is 13.3. The highest BCUT2D eigenvalue weighted by atomic mass is 35.5. The van der Waals surface area contributed by atoms with Gasteiger partial charge < -0.3 is 11.5 Å². The minimum atomic E-state index is -4.64. The van der Waals surface area contributed by atoms with Gasteiger partial charge in [-0.25, -0.2) is 19.3 Å². The molecule has 3 heterocycles. The number of nitrogens with two attached hydrogens (primary N) is 2. The molecule has 0 unspecified atom stereocenters. The molecule has 0 saturated carbocycles. The van der Waals surface area contributed by atoms with Crippen LogP contribution in [0.3, 0.4) is 0 Å². The second-order valence-corrected chi connectivity index (χ2v) is 8.72. The lowest BCUT2D eigenvalue weighted by Crippen LogP contribution is -2.09. The van der Waals surface area contributed by atoms with Gasteiger partial charge in [0.1, 0.15) is 11.6 Å². The van der Waals surface area contributed by atoms with Gasteiger partial charge in [0, 0.05) is 0 Å². The summed E-state index contributed by atoms with van der Waals surface area (Å²) in [6.45, 7) is 0. The molecule has 0 radical (unpaired) electrons. The van der Waals surface area contributed by atoms with E-state index in [0.717, 1.165) is 45.8 Å². The minimum absolute atomic E-state index is 0.00187. The Morgan fingerprint density at radius 2 is 1.24 bits per heavy atom. The van der Waals surface area contributed by atoms with Crippen LogP contribution in [0.25, 0.3) is 33.8 Å². The standard InChI is InChI=1S/C22H12Cl2F6N8/c23-13-3-1-9(21(25,26)27)5-15(13)37-18(32)12(8-33-37)19-35-17(31)11-7-34-38(20(11)36-19)16-6-10(22(28,29)30)2-4-14(16)24/h1-8H,32H2,(H2,31,35,36). The number of anilines is 2. The molecule has 8 nitrogen and oxygen atoms in total. The van der Waals surface area contributed by atoms with Crippen LogP contribution >= 0.6 is 23.2 Å². The number of alkyl halides is 6. The summed E-state index contributed by atoms with van der Waals surface area (Å²) < 4.78 is 81.6. The number of nitrogen functional groups attached to an aromatic ring is 2. The van der Waals surface area contributed by atoms with E-state index in [9.17, 15) is 26.3 Å². The first kappa shape index (κ1) is 25.6. The number of nitrogens with zero attached hydrogens (tertiary/aromatic N) is 6. The number of halogens is 8. The third kappa shape index (κ3) is 4.35. The predicted molar refractivity (Wildman–Crippen MR) is 128 cm³/mol. The summed E-state index contributed by atoms with van der Waals surface area (Å²) in [6, 6.07) is 5.33. The topological polar surface area (TPSA) is 113 Å². The molecule has 196 valence electrons. The zero-order chi connectivity index (χ0) is 27.6. The van der Waals surface area contributed by atoms with Gasteiger partial charge in [-0.15, -0.1) is 0 Å². The van der Waals surface area contributed by atoms with Crippen molar-refractivity contribution in [1.82, 2.24) is 29.5 Å². The van der Waals surface area contributed by atoms with Gasteiger partial charge in [-0.2, -0.15) is 36.5 Å². The summed E-state index contributed by atoms with van der Waals surface area (Å²) in [7, 11) is 0. The summed E-state index contributed by atoms with van der Waals surface area (Å²) >= 11 is 12.3. The molecular formula is C22H12Cl2F6N8. The normalized spacial score (nSPS) is 12.4. The van der Waals surface area contributed by atoms with E-state index in [4.69, 9.17) is 34.7 Å². The molecule has 2 aromatic carbocycles. The van der Waals surface area contributed by atoms with Gasteiger partial charge in [-0.05, 0) is 36.4 Å². The first-order valence-corrected chi connectivity index (χ1v) is 11.1. The van der Waals surface area contributed by atoms with Crippen LogP contribution < -0.4 is 11.5 Å². The van der Waals surface area contributed by atoms with Crippen LogP contribution in [-0.2, 0) is 12.4 Å². The van der Waals surface area contributed by atoms with E-state index in [2.05, 4.69) is 20.2 Å². The average molecular weight is 573 g/mol. The van der Waals surface area contributed by atoms with Gasteiger partial charge in [0.05, 0.1) is 55.9 Å². The maximum atomic E-state index is 13.3. The molecule has 0 fully saturated rings. The average Bonchev–Trinajstić information content (AvgIpc) is 3.42. The highest BCUT2D eigenvalue weighted by Gasteiger charge is 2.33. The Morgan fingerprint density at radius 3 is 1.79 bits per heavy atom. The number of aromatic nitrogens is 6. The fourth-order valence-corrected chi connectivity index (χ4v) is 4.05. The molecule has 0 aliphatic carbocycles. The third-order valence-electron chi connectivity index (χ3n) is 5.51. The second kappa shape index (κ2) is 8.77. The quantitative estimate of drug-likeness (QED) is 0.250. The first-order chi connectivity index (χ1) is 17.8. The molecule has 0 saturated heterocycles. The molecule has 38 heavy (non-hydrogen) atoms. The molecular weight excluding hydrogens is 561 g/mol. The van der Waals surface area contributed by atoms with E-state index in [1.807, 2.05) is 0 Å². The maximum Gasteiger partial charge on any atom is 0.416 e. The van der Waals surface area contributed by atoms with Crippen molar-refractivity contribution in [2.45, 2.75) is 12.4 Å². The largest absolute Gasteiger partial charge is 0.416 e. The molecule has 0 aliphatic heterocycles. The van der Waals surface area contributed by atoms with Crippen molar-refractivity contribution in [2.75, 3.05) is 11.5 Å². The van der Waals surface area contributed by atoms with Crippen molar-refractivity contribution < 1.29 is 26.3 Å². The SMILES string of the molecule is Nc1nc(-c2cnn(-c3cc(C(F)(F)F)ccc3Cl)c2N)nc2c1cnn2-c1cc(C(F)(F)F)ccc1Cl. The number of benzene rings is 2. The lowest BCUT2D eigenvalue weighted by Gasteiger charge is -2.12. The predicted octanol–water partition coefficient (Wildman–Crippen LogP) is 6.18. The third-order valence-corrected chi connectivity index (χ3v) is 6.15. The molecule has 5 rings (SSSR count). The van der Waals surface area contributed by atoms with E-state index < -0.39 is 23.5 Å². The van der Waals surface area contributed by atoms with Crippen molar-refractivity contribution in [1.29, 1.82) is 0 Å². The highest BCUT2D eigenvalue weighted by Crippen LogP contribution is 2.37. The van der Waals surface area contributed by atoms with Gasteiger partial charge in [-0.1, -0.05) is 23.2 Å². The van der Waals surface area contributed by atoms with Gasteiger partial charge in [-0.3, -0.25) is 0 Å². The summed E-state index contributed by atoms with van der Waals surface area (Å²) in [6.07, 6.45) is -6.85. The highest BCUT2D eigenvalue weighted by molar-refractivity contribution is 6.32. The molecule has 5 aromatic rings. The smallest absolute Gasteiger partial charge is 0.383 e. The van der Waals surface area contributed by atoms with Crippen LogP contribution in [0.15, 0.2) is 48.8 Å². The fraction of sp³-hybridized carbons (Fsp3) is 0.0909. The molecule has 0 atom stereocenters. The second-order valence-electron chi connectivity index (χ2n) is 7.91. The van der Waals surface area contributed by atoms with Gasteiger partial charge in [0.25, 0.3) is 0 Å². The monoisotopic (exact) mass is 572 g/mol. The van der Waals surface area contributed by atoms with Crippen molar-refractivity contribution >= 4 is 45.9 Å². The summed E-state index contributed by atoms with van der Waals surface area (Å²) in [5, 5.41) is 8.19. The lowest BCUT2D eigenvalue weighted by atomic mass is 10.2. The zero-order valence-corrected chi connectivity index (χ0v) is 20.0. The lowest BCUT2D eigenvalue weighted by molar-refractivity contribution is -0.138. The van der Waals surface area contributed by atoms with Gasteiger partial charge in [0.15, 0.2) is 11.5 Å². The van der Waals surface area contributed by atoms with Crippen LogP contribution in [0, 0.1) is 0 Å². The van der Waals surface area contributed by atoms with Crippen molar-refractivity contribution in [3.8, 4) is 22.8 Å². The Morgan fingerprint density at radius 1 is 0.711 bits per heavy atom. The van der Waals surface area contributed by atoms with Crippen LogP contribution in [-0.4, -0.2) is 29.5 Å². The first-order valence-electron chi connectivity index (χ1n) is 10.3. The molecule has 0 amide bonds. The molecule has 4 N–H and O–H groups in total. The molecule has 3 aromatic heterocycles. The molecule has 0 spiro atoms. The Hall–Kier alpha value is -4.04. The van der Waals surface area contributed by atoms with Gasteiger partial charge in [0.2, 0.25) is 0 Å². The van der Waals surface area contributed by atoms with E-state index >= 15 is 0 Å². The zero-order valence-electron chi connectivity index (χ0n) is 18.5. The summed E-state index contributed by atoms with van der Waals surface area (Å²) in [5.41, 5.74) is 10.1. The number of rotatable bonds is 3. The van der Waals surface area contributed by atoms with Crippen molar-refractivity contribution in [2.24, 2.45) is 0 Å². The Kier molecular flexibility index (Phi) is 5.91. The van der Waals surface area contributed by atoms with Crippen LogP contribution in [0.1, 0.15) is 11.1 Å². The van der Waals surface area contributed by atoms with Crippen LogP contribution in [0.2, 0.25) is 10.0 Å². The summed E-state index contributed by atoms with van der Waals surface area (Å²) in [5.74, 6) is -0.386. The van der Waals surface area contributed by atoms with Crippen LogP contribution in [0.5, 0.6) is 0 Å². The number of fused-ring (bicyclic) bond motifs is 1. The summed E-state index contributed by atoms with van der Waals surface area (Å²) in [4.78, 5) is 8.50. The minimum Gasteiger partial charge on any atom is -0.383 e. The molecule has 0 bridgehead atoms. The molecule has 16 heteroatoms. The van der Waals surface area contributed by atoms with E-state index in [0.29, 0.717) is 0 Å². The fourth-order valence-electron chi connectivity index (χ4n) is 3.65. The number of hydrogen-bond donors (Lipinski definition) is 2. The number of hydrogen-bond acceptors (Lipinski definition) is 6. The Bertz CT molecular complexity index is 1710. The van der Waals surface area contributed by atoms with E-state index in [1.165, 1.54) is 12.4 Å². The Labute approximate surface area is 218 Å². The van der Waals surface area contributed by atoms with E-state index in [1.54, 1.807) is 0 Å². The van der Waals surface area contributed by atoms with E-state index in [-0.39, 0.29) is 55.5 Å². The van der Waals surface area contributed by atoms with Crippen molar-refractivity contribution in [3.63, 3.8) is 0 Å². The van der Waals surface area contributed by atoms with Gasteiger partial charge >= 0.3 is 12.4 Å².